The molecule has 0 amide bonds. The third kappa shape index (κ3) is 5.44. The molecule has 9 aromatic carbocycles. The highest BCUT2D eigenvalue weighted by atomic mass is 32.1. The molecule has 0 fully saturated rings. The lowest BCUT2D eigenvalue weighted by atomic mass is 9.74. The highest BCUT2D eigenvalue weighted by molar-refractivity contribution is 7.26. The molecule has 0 bridgehead atoms. The zero-order chi connectivity index (χ0) is 42.4. The molecule has 1 atom stereocenters. The van der Waals surface area contributed by atoms with Gasteiger partial charge in [-0.3, -0.25) is 0 Å². The van der Waals surface area contributed by atoms with Crippen LogP contribution in [0.15, 0.2) is 212 Å². The van der Waals surface area contributed by atoms with Gasteiger partial charge in [-0.05, 0) is 82.3 Å². The van der Waals surface area contributed by atoms with Gasteiger partial charge in [0.25, 0.3) is 0 Å². The number of benzene rings is 9. The van der Waals surface area contributed by atoms with Crippen LogP contribution in [0, 0.1) is 0 Å². The summed E-state index contributed by atoms with van der Waals surface area (Å²) in [6, 6.07) is 76.2. The molecule has 3 heterocycles. The Hall–Kier alpha value is -7.99. The van der Waals surface area contributed by atoms with Crippen molar-refractivity contribution in [2.75, 3.05) is 0 Å². The van der Waals surface area contributed by atoms with Gasteiger partial charge in [0.1, 0.15) is 0 Å². The first-order valence-corrected chi connectivity index (χ1v) is 22.6. The quantitative estimate of drug-likeness (QED) is 0.168. The lowest BCUT2D eigenvalue weighted by Gasteiger charge is -2.28. The van der Waals surface area contributed by atoms with Crippen molar-refractivity contribution in [1.29, 1.82) is 0 Å². The van der Waals surface area contributed by atoms with Crippen LogP contribution in [-0.2, 0) is 5.41 Å². The van der Waals surface area contributed by atoms with Crippen LogP contribution >= 0.6 is 11.3 Å². The van der Waals surface area contributed by atoms with Crippen LogP contribution in [0.5, 0.6) is 0 Å². The van der Waals surface area contributed by atoms with Gasteiger partial charge in [-0.15, -0.1) is 11.3 Å². The highest BCUT2D eigenvalue weighted by Crippen LogP contribution is 2.55. The van der Waals surface area contributed by atoms with E-state index in [2.05, 4.69) is 224 Å². The van der Waals surface area contributed by atoms with E-state index in [-0.39, 0.29) is 5.41 Å². The first-order chi connectivity index (χ1) is 31.6. The molecule has 0 radical (unpaired) electrons. The van der Waals surface area contributed by atoms with E-state index in [1.807, 2.05) is 0 Å². The Balaban J connectivity index is 1.02. The molecule has 1 unspecified atom stereocenters. The van der Waals surface area contributed by atoms with Crippen molar-refractivity contribution in [3.8, 4) is 62.1 Å². The number of hydrogen-bond acceptors (Lipinski definition) is 4. The van der Waals surface area contributed by atoms with Crippen molar-refractivity contribution in [2.24, 2.45) is 0 Å². The lowest BCUT2D eigenvalue weighted by Crippen LogP contribution is -2.22. The molecule has 300 valence electrons. The van der Waals surface area contributed by atoms with Crippen LogP contribution in [0.3, 0.4) is 0 Å². The maximum Gasteiger partial charge on any atom is 0.165 e. The summed E-state index contributed by atoms with van der Waals surface area (Å²) >= 11 is 1.79. The Morgan fingerprint density at radius 1 is 0.391 bits per heavy atom. The maximum atomic E-state index is 5.48. The maximum absolute atomic E-state index is 5.48. The SMILES string of the molecule is CC1(c2ccccc2)c2ccccc2-c2c(-c3nc(-c4ccccc4-c4ccc(-n5c6ccccc6c6ccccc65)cc4)nc(-c4cccc5c4sc4ccccc45)n3)cccc21. The zero-order valence-electron chi connectivity index (χ0n) is 34.9. The van der Waals surface area contributed by atoms with Crippen molar-refractivity contribution >= 4 is 53.3 Å². The summed E-state index contributed by atoms with van der Waals surface area (Å²) in [5.74, 6) is 1.94. The van der Waals surface area contributed by atoms with Crippen molar-refractivity contribution < 1.29 is 0 Å². The molecule has 0 aliphatic heterocycles. The Labute approximate surface area is 374 Å². The van der Waals surface area contributed by atoms with E-state index >= 15 is 0 Å². The summed E-state index contributed by atoms with van der Waals surface area (Å²) in [6.07, 6.45) is 0. The molecule has 0 spiro atoms. The number of rotatable bonds is 6. The lowest BCUT2D eigenvalue weighted by molar-refractivity contribution is 0.714. The molecule has 4 nitrogen and oxygen atoms in total. The Morgan fingerprint density at radius 2 is 0.906 bits per heavy atom. The summed E-state index contributed by atoms with van der Waals surface area (Å²) in [4.78, 5) is 16.4. The van der Waals surface area contributed by atoms with Crippen LogP contribution in [-0.4, -0.2) is 19.5 Å². The average Bonchev–Trinajstić information content (AvgIpc) is 4.01. The normalized spacial score (nSPS) is 14.4. The van der Waals surface area contributed by atoms with E-state index in [0.717, 1.165) is 33.5 Å². The average molecular weight is 835 g/mol. The summed E-state index contributed by atoms with van der Waals surface area (Å²) in [6.45, 7) is 2.35. The van der Waals surface area contributed by atoms with E-state index in [4.69, 9.17) is 15.0 Å². The Morgan fingerprint density at radius 3 is 1.66 bits per heavy atom. The molecule has 12 aromatic rings. The number of hydrogen-bond donors (Lipinski definition) is 0. The van der Waals surface area contributed by atoms with Crippen molar-refractivity contribution in [2.45, 2.75) is 12.3 Å². The van der Waals surface area contributed by atoms with Gasteiger partial charge in [-0.2, -0.15) is 0 Å². The highest BCUT2D eigenvalue weighted by Gasteiger charge is 2.42. The van der Waals surface area contributed by atoms with Gasteiger partial charge >= 0.3 is 0 Å². The Kier molecular flexibility index (Phi) is 8.18. The fraction of sp³-hybridized carbons (Fsp3) is 0.0339. The molecule has 0 N–H and O–H groups in total. The van der Waals surface area contributed by atoms with Crippen LogP contribution < -0.4 is 0 Å². The smallest absolute Gasteiger partial charge is 0.165 e. The molecule has 5 heteroatoms. The minimum Gasteiger partial charge on any atom is -0.309 e. The molecular formula is C59H38N4S. The first-order valence-electron chi connectivity index (χ1n) is 21.8. The third-order valence-corrected chi connectivity index (χ3v) is 14.6. The van der Waals surface area contributed by atoms with E-state index in [1.165, 1.54) is 69.8 Å². The van der Waals surface area contributed by atoms with Gasteiger partial charge in [0.15, 0.2) is 17.5 Å². The number of thiophene rings is 1. The molecule has 3 aromatic heterocycles. The predicted molar refractivity (Wildman–Crippen MR) is 266 cm³/mol. The topological polar surface area (TPSA) is 43.6 Å². The van der Waals surface area contributed by atoms with Gasteiger partial charge < -0.3 is 4.57 Å². The molecule has 1 aliphatic carbocycles. The van der Waals surface area contributed by atoms with Gasteiger partial charge in [-0.1, -0.05) is 176 Å². The first kappa shape index (κ1) is 36.6. The summed E-state index contributed by atoms with van der Waals surface area (Å²) in [5.41, 5.74) is 14.4. The molecule has 0 saturated heterocycles. The summed E-state index contributed by atoms with van der Waals surface area (Å²) in [5, 5.41) is 4.94. The molecule has 64 heavy (non-hydrogen) atoms. The van der Waals surface area contributed by atoms with E-state index < -0.39 is 0 Å². The van der Waals surface area contributed by atoms with Crippen LogP contribution in [0.2, 0.25) is 0 Å². The molecule has 0 saturated carbocycles. The molecular weight excluding hydrogens is 797 g/mol. The molecule has 13 rings (SSSR count). The second kappa shape index (κ2) is 14.3. The largest absolute Gasteiger partial charge is 0.309 e. The zero-order valence-corrected chi connectivity index (χ0v) is 35.7. The van der Waals surface area contributed by atoms with Crippen molar-refractivity contribution in [3.05, 3.63) is 229 Å². The van der Waals surface area contributed by atoms with Crippen LogP contribution in [0.1, 0.15) is 23.6 Å². The fourth-order valence-electron chi connectivity index (χ4n) is 10.4. The summed E-state index contributed by atoms with van der Waals surface area (Å²) < 4.78 is 4.77. The van der Waals surface area contributed by atoms with Crippen LogP contribution in [0.25, 0.3) is 104 Å². The monoisotopic (exact) mass is 834 g/mol. The Bertz CT molecular complexity index is 3750. The minimum atomic E-state index is -0.359. The second-order valence-corrected chi connectivity index (χ2v) is 17.9. The number of fused-ring (bicyclic) bond motifs is 9. The second-order valence-electron chi connectivity index (χ2n) is 16.8. The van der Waals surface area contributed by atoms with E-state index in [1.54, 1.807) is 11.3 Å². The number of aromatic nitrogens is 4. The van der Waals surface area contributed by atoms with Crippen molar-refractivity contribution in [3.63, 3.8) is 0 Å². The molecule has 1 aliphatic rings. The van der Waals surface area contributed by atoms with Crippen molar-refractivity contribution in [1.82, 2.24) is 19.5 Å². The fourth-order valence-corrected chi connectivity index (χ4v) is 11.6. The standard InChI is InChI=1S/C59H38N4S/c1-59(38-17-3-2-4-18-38)49-28-11-7-24-46(49)54-47(26-16-29-50(54)59)57-60-56(61-58(62-57)48-27-15-25-44-43-22-10-14-32-53(43)64-55(44)48)45-23-6-5-19-40(45)37-33-35-39(36-34-37)63-51-30-12-8-20-41(51)42-21-9-13-31-52(42)63/h2-36H,1H3. The van der Waals surface area contributed by atoms with Crippen LogP contribution in [0.4, 0.5) is 0 Å². The number of nitrogens with zero attached hydrogens (tertiary/aromatic N) is 4. The van der Waals surface area contributed by atoms with Gasteiger partial charge in [0.05, 0.1) is 11.0 Å². The van der Waals surface area contributed by atoms with Gasteiger partial charge in [0, 0.05) is 58.7 Å². The van der Waals surface area contributed by atoms with E-state index in [9.17, 15) is 0 Å². The third-order valence-electron chi connectivity index (χ3n) is 13.4. The van der Waals surface area contributed by atoms with E-state index in [0.29, 0.717) is 17.5 Å². The number of para-hydroxylation sites is 2. The predicted octanol–water partition coefficient (Wildman–Crippen LogP) is 15.3. The van der Waals surface area contributed by atoms with Gasteiger partial charge in [0.2, 0.25) is 0 Å². The van der Waals surface area contributed by atoms with Gasteiger partial charge in [-0.25, -0.2) is 15.0 Å². The minimum absolute atomic E-state index is 0.359. The summed E-state index contributed by atoms with van der Waals surface area (Å²) in [7, 11) is 0.